The minimum atomic E-state index is 0.202. The molecule has 4 atom stereocenters. The summed E-state index contributed by atoms with van der Waals surface area (Å²) in [5.74, 6) is 1.62. The van der Waals surface area contributed by atoms with E-state index in [9.17, 15) is 5.11 Å². The molecule has 118 valence electrons. The largest absolute Gasteiger partial charge is 0.395 e. The highest BCUT2D eigenvalue weighted by atomic mass is 16.5. The number of ether oxygens (including phenoxy) is 1. The normalized spacial score (nSPS) is 36.1. The molecule has 0 bridgehead atoms. The molecule has 1 aliphatic heterocycles. The van der Waals surface area contributed by atoms with E-state index >= 15 is 0 Å². The fourth-order valence-electron chi connectivity index (χ4n) is 3.86. The molecule has 4 nitrogen and oxygen atoms in total. The summed E-state index contributed by atoms with van der Waals surface area (Å²) in [6.45, 7) is 9.38. The Hall–Kier alpha value is -0.160. The van der Waals surface area contributed by atoms with Crippen LogP contribution in [-0.4, -0.2) is 61.5 Å². The van der Waals surface area contributed by atoms with E-state index in [0.29, 0.717) is 12.6 Å². The minimum Gasteiger partial charge on any atom is -0.395 e. The quantitative estimate of drug-likeness (QED) is 0.775. The van der Waals surface area contributed by atoms with Crippen LogP contribution in [0.25, 0.3) is 0 Å². The average Bonchev–Trinajstić information content (AvgIpc) is 2.49. The highest BCUT2D eigenvalue weighted by Gasteiger charge is 2.33. The van der Waals surface area contributed by atoms with Crippen LogP contribution in [0.1, 0.15) is 39.5 Å². The lowest BCUT2D eigenvalue weighted by molar-refractivity contribution is -0.0392. The zero-order chi connectivity index (χ0) is 14.4. The smallest absolute Gasteiger partial charge is 0.0644 e. The van der Waals surface area contributed by atoms with Gasteiger partial charge in [-0.1, -0.05) is 20.3 Å². The first kappa shape index (κ1) is 16.2. The van der Waals surface area contributed by atoms with Crippen LogP contribution in [0.4, 0.5) is 0 Å². The summed E-state index contributed by atoms with van der Waals surface area (Å²) >= 11 is 0. The van der Waals surface area contributed by atoms with Gasteiger partial charge in [0, 0.05) is 19.1 Å². The topological polar surface area (TPSA) is 44.7 Å². The Morgan fingerprint density at radius 3 is 2.85 bits per heavy atom. The Morgan fingerprint density at radius 2 is 2.15 bits per heavy atom. The molecule has 0 aromatic rings. The lowest BCUT2D eigenvalue weighted by Gasteiger charge is -2.42. The zero-order valence-electron chi connectivity index (χ0n) is 13.2. The van der Waals surface area contributed by atoms with Gasteiger partial charge in [-0.3, -0.25) is 4.90 Å². The van der Waals surface area contributed by atoms with Crippen LogP contribution in [0, 0.1) is 11.8 Å². The van der Waals surface area contributed by atoms with Gasteiger partial charge in [0.25, 0.3) is 0 Å². The van der Waals surface area contributed by atoms with E-state index in [1.165, 1.54) is 25.7 Å². The van der Waals surface area contributed by atoms with E-state index in [1.54, 1.807) is 0 Å². The molecule has 1 saturated carbocycles. The lowest BCUT2D eigenvalue weighted by Crippen LogP contribution is -2.53. The molecular weight excluding hydrogens is 252 g/mol. The number of aliphatic hydroxyl groups is 1. The number of nitrogens with one attached hydrogen (secondary N) is 1. The Balaban J connectivity index is 1.94. The van der Waals surface area contributed by atoms with Crippen molar-refractivity contribution in [3.8, 4) is 0 Å². The zero-order valence-corrected chi connectivity index (χ0v) is 13.2. The first-order chi connectivity index (χ1) is 9.78. The van der Waals surface area contributed by atoms with E-state index in [-0.39, 0.29) is 12.6 Å². The van der Waals surface area contributed by atoms with Crippen molar-refractivity contribution in [3.63, 3.8) is 0 Å². The Morgan fingerprint density at radius 1 is 1.30 bits per heavy atom. The van der Waals surface area contributed by atoms with E-state index < -0.39 is 0 Å². The average molecular weight is 284 g/mol. The van der Waals surface area contributed by atoms with E-state index in [2.05, 4.69) is 24.1 Å². The van der Waals surface area contributed by atoms with E-state index in [4.69, 9.17) is 4.74 Å². The molecule has 4 heteroatoms. The summed E-state index contributed by atoms with van der Waals surface area (Å²) in [6, 6.07) is 0.859. The molecule has 0 amide bonds. The predicted octanol–water partition coefficient (Wildman–Crippen LogP) is 1.48. The van der Waals surface area contributed by atoms with Crippen LogP contribution in [0.3, 0.4) is 0 Å². The summed E-state index contributed by atoms with van der Waals surface area (Å²) in [4.78, 5) is 2.45. The van der Waals surface area contributed by atoms with Crippen LogP contribution in [-0.2, 0) is 4.74 Å². The van der Waals surface area contributed by atoms with Crippen molar-refractivity contribution in [2.24, 2.45) is 11.8 Å². The standard InChI is InChI=1S/C16H32N2O2/c1-3-13-5-6-16(17-4-2)14(9-13)10-18-7-8-20-12-15(18)11-19/h13-17,19H,3-12H2,1-2H3. The van der Waals surface area contributed by atoms with Crippen molar-refractivity contribution in [2.45, 2.75) is 51.6 Å². The predicted molar refractivity (Wildman–Crippen MR) is 81.9 cm³/mol. The van der Waals surface area contributed by atoms with Gasteiger partial charge in [0.2, 0.25) is 0 Å². The number of nitrogens with zero attached hydrogens (tertiary/aromatic N) is 1. The molecule has 0 radical (unpaired) electrons. The second kappa shape index (κ2) is 8.32. The second-order valence-corrected chi connectivity index (χ2v) is 6.42. The highest BCUT2D eigenvalue weighted by Crippen LogP contribution is 2.32. The Kier molecular flexibility index (Phi) is 6.75. The summed E-state index contributed by atoms with van der Waals surface area (Å²) in [6.07, 6.45) is 5.33. The highest BCUT2D eigenvalue weighted by molar-refractivity contribution is 4.88. The van der Waals surface area contributed by atoms with E-state index in [1.807, 2.05) is 0 Å². The van der Waals surface area contributed by atoms with Crippen LogP contribution in [0.2, 0.25) is 0 Å². The van der Waals surface area contributed by atoms with Gasteiger partial charge in [0.1, 0.15) is 0 Å². The molecule has 0 spiro atoms. The maximum absolute atomic E-state index is 9.52. The third-order valence-electron chi connectivity index (χ3n) is 5.16. The molecule has 2 N–H and O–H groups in total. The monoisotopic (exact) mass is 284 g/mol. The van der Waals surface area contributed by atoms with Gasteiger partial charge in [-0.25, -0.2) is 0 Å². The van der Waals surface area contributed by atoms with Crippen molar-refractivity contribution >= 4 is 0 Å². The molecule has 0 aromatic heterocycles. The van der Waals surface area contributed by atoms with Crippen LogP contribution < -0.4 is 5.32 Å². The third-order valence-corrected chi connectivity index (χ3v) is 5.16. The number of rotatable bonds is 6. The Bertz CT molecular complexity index is 275. The first-order valence-electron chi connectivity index (χ1n) is 8.44. The number of aliphatic hydroxyl groups excluding tert-OH is 1. The molecule has 2 rings (SSSR count). The minimum absolute atomic E-state index is 0.202. The first-order valence-corrected chi connectivity index (χ1v) is 8.44. The maximum Gasteiger partial charge on any atom is 0.0644 e. The molecule has 2 fully saturated rings. The molecular formula is C16H32N2O2. The number of hydrogen-bond donors (Lipinski definition) is 2. The third kappa shape index (κ3) is 4.17. The second-order valence-electron chi connectivity index (χ2n) is 6.42. The molecule has 0 aromatic carbocycles. The number of morpholine rings is 1. The summed E-state index contributed by atoms with van der Waals surface area (Å²) < 4.78 is 5.49. The van der Waals surface area contributed by atoms with Crippen molar-refractivity contribution in [3.05, 3.63) is 0 Å². The van der Waals surface area contributed by atoms with Gasteiger partial charge in [-0.15, -0.1) is 0 Å². The molecule has 2 aliphatic rings. The van der Waals surface area contributed by atoms with Gasteiger partial charge in [-0.2, -0.15) is 0 Å². The van der Waals surface area contributed by atoms with E-state index in [0.717, 1.165) is 38.1 Å². The van der Waals surface area contributed by atoms with Gasteiger partial charge in [0.05, 0.1) is 25.9 Å². The molecule has 20 heavy (non-hydrogen) atoms. The van der Waals surface area contributed by atoms with Crippen LogP contribution in [0.5, 0.6) is 0 Å². The van der Waals surface area contributed by atoms with Crippen LogP contribution in [0.15, 0.2) is 0 Å². The van der Waals surface area contributed by atoms with Crippen molar-refractivity contribution in [1.29, 1.82) is 0 Å². The van der Waals surface area contributed by atoms with Gasteiger partial charge in [-0.05, 0) is 37.6 Å². The molecule has 1 aliphatic carbocycles. The van der Waals surface area contributed by atoms with Gasteiger partial charge >= 0.3 is 0 Å². The van der Waals surface area contributed by atoms with Gasteiger partial charge < -0.3 is 15.2 Å². The summed E-state index contributed by atoms with van der Waals surface area (Å²) in [5, 5.41) is 13.2. The molecule has 4 unspecified atom stereocenters. The summed E-state index contributed by atoms with van der Waals surface area (Å²) in [7, 11) is 0. The van der Waals surface area contributed by atoms with Crippen molar-refractivity contribution in [1.82, 2.24) is 10.2 Å². The lowest BCUT2D eigenvalue weighted by atomic mass is 9.76. The summed E-state index contributed by atoms with van der Waals surface area (Å²) in [5.41, 5.74) is 0. The van der Waals surface area contributed by atoms with Crippen LogP contribution >= 0.6 is 0 Å². The van der Waals surface area contributed by atoms with Crippen molar-refractivity contribution in [2.75, 3.05) is 39.5 Å². The van der Waals surface area contributed by atoms with Gasteiger partial charge in [0.15, 0.2) is 0 Å². The Labute approximate surface area is 123 Å². The van der Waals surface area contributed by atoms with Crippen molar-refractivity contribution < 1.29 is 9.84 Å². The number of hydrogen-bond acceptors (Lipinski definition) is 4. The fourth-order valence-corrected chi connectivity index (χ4v) is 3.86. The maximum atomic E-state index is 9.52. The SMILES string of the molecule is CCNC1CCC(CC)CC1CN1CCOCC1CO. The fraction of sp³-hybridized carbons (Fsp3) is 1.00. The molecule has 1 heterocycles. The molecule has 1 saturated heterocycles.